The highest BCUT2D eigenvalue weighted by atomic mass is 16.6. The molecule has 0 aromatic heterocycles. The number of nitro groups is 1. The Bertz CT molecular complexity index is 1060. The quantitative estimate of drug-likeness (QED) is 0.238. The fourth-order valence-electron chi connectivity index (χ4n) is 3.50. The van der Waals surface area contributed by atoms with E-state index in [9.17, 15) is 24.8 Å². The Balaban J connectivity index is 2.19. The van der Waals surface area contributed by atoms with Crippen molar-refractivity contribution in [1.29, 1.82) is 0 Å². The lowest BCUT2D eigenvalue weighted by Gasteiger charge is -2.26. The fourth-order valence-corrected chi connectivity index (χ4v) is 3.50. The van der Waals surface area contributed by atoms with Gasteiger partial charge in [0.25, 0.3) is 17.4 Å². The number of aliphatic hydroxyl groups excluding tert-OH is 1. The van der Waals surface area contributed by atoms with Gasteiger partial charge in [0.15, 0.2) is 0 Å². The van der Waals surface area contributed by atoms with E-state index in [2.05, 4.69) is 0 Å². The van der Waals surface area contributed by atoms with E-state index in [1.165, 1.54) is 30.2 Å². The molecule has 1 aliphatic rings. The van der Waals surface area contributed by atoms with E-state index in [0.717, 1.165) is 0 Å². The molecule has 1 atom stereocenters. The number of carbonyl (C=O) groups is 2. The molecule has 1 amide bonds. The van der Waals surface area contributed by atoms with Gasteiger partial charge in [-0.3, -0.25) is 19.7 Å². The lowest BCUT2D eigenvalue weighted by Crippen LogP contribution is -2.35. The Morgan fingerprint density at radius 2 is 1.90 bits per heavy atom. The number of ketones is 1. The highest BCUT2D eigenvalue weighted by molar-refractivity contribution is 6.46. The first kappa shape index (κ1) is 22.0. The molecular weight excluding hydrogens is 402 g/mol. The Morgan fingerprint density at radius 3 is 2.55 bits per heavy atom. The normalized spacial score (nSPS) is 17.9. The SMILES string of the molecule is COc1cccc(/C(O)=C2\C(=O)C(=O)N(CCN(C)C)C2c2cccc([N+](=O)[O-])c2)c1. The van der Waals surface area contributed by atoms with Crippen LogP contribution in [0.25, 0.3) is 5.76 Å². The minimum Gasteiger partial charge on any atom is -0.507 e. The number of likely N-dealkylation sites (tertiary alicyclic amines) is 1. The maximum absolute atomic E-state index is 12.9. The molecular formula is C22H23N3O6. The van der Waals surface area contributed by atoms with E-state index in [4.69, 9.17) is 4.74 Å². The van der Waals surface area contributed by atoms with Gasteiger partial charge >= 0.3 is 0 Å². The van der Waals surface area contributed by atoms with Gasteiger partial charge in [-0.2, -0.15) is 0 Å². The molecule has 1 unspecified atom stereocenters. The van der Waals surface area contributed by atoms with Crippen LogP contribution in [0.2, 0.25) is 0 Å². The van der Waals surface area contributed by atoms with Crippen LogP contribution in [0, 0.1) is 10.1 Å². The second kappa shape index (κ2) is 8.97. The first-order valence-electron chi connectivity index (χ1n) is 9.56. The van der Waals surface area contributed by atoms with Crippen molar-refractivity contribution < 1.29 is 24.4 Å². The summed E-state index contributed by atoms with van der Waals surface area (Å²) in [5.74, 6) is -1.49. The molecule has 3 rings (SSSR count). The Morgan fingerprint density at radius 1 is 1.19 bits per heavy atom. The minimum absolute atomic E-state index is 0.113. The van der Waals surface area contributed by atoms with Crippen molar-refractivity contribution in [2.45, 2.75) is 6.04 Å². The number of hydrogen-bond acceptors (Lipinski definition) is 7. The molecule has 1 N–H and O–H groups in total. The van der Waals surface area contributed by atoms with E-state index in [1.54, 1.807) is 30.3 Å². The predicted octanol–water partition coefficient (Wildman–Crippen LogP) is 2.59. The third-order valence-electron chi connectivity index (χ3n) is 5.07. The number of methoxy groups -OCH3 is 1. The van der Waals surface area contributed by atoms with Crippen molar-refractivity contribution in [2.75, 3.05) is 34.3 Å². The summed E-state index contributed by atoms with van der Waals surface area (Å²) >= 11 is 0. The third-order valence-corrected chi connectivity index (χ3v) is 5.07. The van der Waals surface area contributed by atoms with E-state index in [1.807, 2.05) is 19.0 Å². The molecule has 1 heterocycles. The number of Topliss-reactive ketones (excluding diaryl/α,β-unsaturated/α-hetero) is 1. The first-order chi connectivity index (χ1) is 14.7. The lowest BCUT2D eigenvalue weighted by atomic mass is 9.95. The van der Waals surface area contributed by atoms with Gasteiger partial charge in [-0.05, 0) is 31.8 Å². The van der Waals surface area contributed by atoms with E-state index in [-0.39, 0.29) is 23.6 Å². The summed E-state index contributed by atoms with van der Waals surface area (Å²) in [5.41, 5.74) is 0.395. The number of nitrogens with zero attached hydrogens (tertiary/aromatic N) is 3. The molecule has 0 aliphatic carbocycles. The van der Waals surface area contributed by atoms with Gasteiger partial charge in [-0.25, -0.2) is 0 Å². The number of hydrogen-bond donors (Lipinski definition) is 1. The predicted molar refractivity (Wildman–Crippen MR) is 114 cm³/mol. The van der Waals surface area contributed by atoms with Gasteiger partial charge in [0, 0.05) is 30.8 Å². The smallest absolute Gasteiger partial charge is 0.295 e. The van der Waals surface area contributed by atoms with Crippen LogP contribution >= 0.6 is 0 Å². The Labute approximate surface area is 179 Å². The third kappa shape index (κ3) is 4.41. The Kier molecular flexibility index (Phi) is 6.36. The monoisotopic (exact) mass is 425 g/mol. The van der Waals surface area contributed by atoms with Crippen molar-refractivity contribution in [3.8, 4) is 5.75 Å². The van der Waals surface area contributed by atoms with Crippen molar-refractivity contribution in [1.82, 2.24) is 9.80 Å². The standard InChI is InChI=1S/C22H23N3O6/c1-23(2)10-11-24-19(14-6-4-8-16(12-14)25(29)30)18(21(27)22(24)28)20(26)15-7-5-9-17(13-15)31-3/h4-9,12-13,19,26H,10-11H2,1-3H3/b20-18+. The molecule has 1 aliphatic heterocycles. The molecule has 2 aromatic rings. The average Bonchev–Trinajstić information content (AvgIpc) is 3.02. The molecule has 2 aromatic carbocycles. The van der Waals surface area contributed by atoms with Gasteiger partial charge in [-0.15, -0.1) is 0 Å². The summed E-state index contributed by atoms with van der Waals surface area (Å²) in [5, 5.41) is 22.3. The zero-order chi connectivity index (χ0) is 22.7. The average molecular weight is 425 g/mol. The number of aliphatic hydroxyl groups is 1. The summed E-state index contributed by atoms with van der Waals surface area (Å²) < 4.78 is 5.18. The van der Waals surface area contributed by atoms with E-state index >= 15 is 0 Å². The first-order valence-corrected chi connectivity index (χ1v) is 9.56. The maximum atomic E-state index is 12.9. The molecule has 162 valence electrons. The molecule has 0 spiro atoms. The summed E-state index contributed by atoms with van der Waals surface area (Å²) in [6.07, 6.45) is 0. The summed E-state index contributed by atoms with van der Waals surface area (Å²) in [4.78, 5) is 39.7. The second-order valence-corrected chi connectivity index (χ2v) is 7.38. The largest absolute Gasteiger partial charge is 0.507 e. The van der Waals surface area contributed by atoms with Crippen molar-refractivity contribution in [2.24, 2.45) is 0 Å². The zero-order valence-electron chi connectivity index (χ0n) is 17.4. The number of rotatable bonds is 7. The topological polar surface area (TPSA) is 113 Å². The number of likely N-dealkylation sites (N-methyl/N-ethyl adjacent to an activating group) is 1. The van der Waals surface area contributed by atoms with Crippen LogP contribution in [0.4, 0.5) is 5.69 Å². The molecule has 0 radical (unpaired) electrons. The van der Waals surface area contributed by atoms with Crippen molar-refractivity contribution >= 4 is 23.1 Å². The minimum atomic E-state index is -0.953. The van der Waals surface area contributed by atoms with Crippen LogP contribution in [0.3, 0.4) is 0 Å². The highest BCUT2D eigenvalue weighted by Crippen LogP contribution is 2.40. The van der Waals surface area contributed by atoms with E-state index in [0.29, 0.717) is 23.4 Å². The van der Waals surface area contributed by atoms with Gasteiger partial charge in [-0.1, -0.05) is 24.3 Å². The van der Waals surface area contributed by atoms with Crippen molar-refractivity contribution in [3.05, 3.63) is 75.3 Å². The molecule has 9 heteroatoms. The number of nitro benzene ring substituents is 1. The molecule has 9 nitrogen and oxygen atoms in total. The van der Waals surface area contributed by atoms with Crippen LogP contribution in [0.1, 0.15) is 17.2 Å². The van der Waals surface area contributed by atoms with Crippen LogP contribution in [-0.4, -0.2) is 65.8 Å². The summed E-state index contributed by atoms with van der Waals surface area (Å²) in [6.45, 7) is 0.678. The number of benzene rings is 2. The highest BCUT2D eigenvalue weighted by Gasteiger charge is 2.46. The van der Waals surface area contributed by atoms with Gasteiger partial charge in [0.1, 0.15) is 11.5 Å². The number of amides is 1. The molecule has 1 saturated heterocycles. The van der Waals surface area contributed by atoms with Crippen LogP contribution < -0.4 is 4.74 Å². The molecule has 0 bridgehead atoms. The number of carbonyl (C=O) groups excluding carboxylic acids is 2. The van der Waals surface area contributed by atoms with E-state index < -0.39 is 22.7 Å². The van der Waals surface area contributed by atoms with Gasteiger partial charge < -0.3 is 19.6 Å². The molecule has 0 saturated carbocycles. The number of non-ortho nitro benzene ring substituents is 1. The van der Waals surface area contributed by atoms with Gasteiger partial charge in [0.05, 0.1) is 23.6 Å². The zero-order valence-corrected chi connectivity index (χ0v) is 17.4. The summed E-state index contributed by atoms with van der Waals surface area (Å²) in [6, 6.07) is 11.3. The fraction of sp³-hybridized carbons (Fsp3) is 0.273. The molecule has 1 fully saturated rings. The summed E-state index contributed by atoms with van der Waals surface area (Å²) in [7, 11) is 5.13. The second-order valence-electron chi connectivity index (χ2n) is 7.38. The van der Waals surface area contributed by atoms with Gasteiger partial charge in [0.2, 0.25) is 0 Å². The van der Waals surface area contributed by atoms with Crippen LogP contribution in [0.5, 0.6) is 5.75 Å². The number of ether oxygens (including phenoxy) is 1. The Hall–Kier alpha value is -3.72. The molecule has 31 heavy (non-hydrogen) atoms. The van der Waals surface area contributed by atoms with Crippen molar-refractivity contribution in [3.63, 3.8) is 0 Å². The lowest BCUT2D eigenvalue weighted by molar-refractivity contribution is -0.384. The van der Waals surface area contributed by atoms with Crippen LogP contribution in [-0.2, 0) is 9.59 Å². The van der Waals surface area contributed by atoms with Crippen LogP contribution in [0.15, 0.2) is 54.1 Å². The maximum Gasteiger partial charge on any atom is 0.295 e.